The Morgan fingerprint density at radius 2 is 1.92 bits per heavy atom. The lowest BCUT2D eigenvalue weighted by Crippen LogP contribution is -2.15. The number of aromatic nitrogens is 1. The second-order valence-corrected chi connectivity index (χ2v) is 5.65. The van der Waals surface area contributed by atoms with Crippen LogP contribution in [-0.4, -0.2) is 23.1 Å². The monoisotopic (exact) mass is 366 g/mol. The van der Waals surface area contributed by atoms with Gasteiger partial charge in [-0.1, -0.05) is 35.3 Å². The van der Waals surface area contributed by atoms with Crippen LogP contribution in [0.15, 0.2) is 36.4 Å². The van der Waals surface area contributed by atoms with Crippen LogP contribution in [-0.2, 0) is 16.6 Å². The highest BCUT2D eigenvalue weighted by atomic mass is 35.5. The molecule has 0 aliphatic rings. The molecule has 0 fully saturated rings. The van der Waals surface area contributed by atoms with Gasteiger partial charge in [0.15, 0.2) is 0 Å². The Hall–Kier alpha value is -2.24. The molecule has 5 nitrogen and oxygen atoms in total. The number of halogens is 2. The van der Waals surface area contributed by atoms with Gasteiger partial charge in [0.25, 0.3) is 5.91 Å². The molecule has 1 aromatic heterocycles. The van der Waals surface area contributed by atoms with E-state index in [0.29, 0.717) is 28.2 Å². The Kier molecular flexibility index (Phi) is 6.06. The van der Waals surface area contributed by atoms with Crippen LogP contribution < -0.4 is 5.32 Å². The number of esters is 1. The number of carbonyl (C=O) groups is 2. The summed E-state index contributed by atoms with van der Waals surface area (Å²) in [7, 11) is 1.66. The number of amides is 1. The molecule has 24 heavy (non-hydrogen) atoms. The molecule has 0 spiro atoms. The molecule has 2 rings (SSSR count). The number of nitrogens with one attached hydrogen (secondary N) is 1. The lowest BCUT2D eigenvalue weighted by molar-refractivity contribution is -0.137. The average Bonchev–Trinajstić information content (AvgIpc) is 2.82. The van der Waals surface area contributed by atoms with Crippen LogP contribution in [0.5, 0.6) is 0 Å². The van der Waals surface area contributed by atoms with Gasteiger partial charge in [-0.2, -0.15) is 0 Å². The Morgan fingerprint density at radius 3 is 2.46 bits per heavy atom. The van der Waals surface area contributed by atoms with Gasteiger partial charge in [-0.25, -0.2) is 4.79 Å². The number of nitrogens with zero attached hydrogens (tertiary/aromatic N) is 1. The van der Waals surface area contributed by atoms with Gasteiger partial charge in [-0.3, -0.25) is 4.79 Å². The van der Waals surface area contributed by atoms with Gasteiger partial charge in [0.2, 0.25) is 0 Å². The molecular formula is C17H16Cl2N2O3. The van der Waals surface area contributed by atoms with E-state index in [9.17, 15) is 9.59 Å². The number of hydrogen-bond donors (Lipinski definition) is 1. The van der Waals surface area contributed by atoms with Gasteiger partial charge in [-0.15, -0.1) is 0 Å². The van der Waals surface area contributed by atoms with Crippen molar-refractivity contribution in [2.75, 3.05) is 11.9 Å². The maximum atomic E-state index is 12.2. The zero-order valence-corrected chi connectivity index (χ0v) is 14.7. The van der Waals surface area contributed by atoms with Crippen molar-refractivity contribution < 1.29 is 14.3 Å². The number of carbonyl (C=O) groups excluding carboxylic acids is 2. The normalized spacial score (nSPS) is 10.8. The lowest BCUT2D eigenvalue weighted by Gasteiger charge is -2.07. The molecule has 0 saturated carbocycles. The van der Waals surface area contributed by atoms with Gasteiger partial charge in [-0.05, 0) is 36.8 Å². The maximum Gasteiger partial charge on any atom is 0.330 e. The second-order valence-electron chi connectivity index (χ2n) is 4.89. The summed E-state index contributed by atoms with van der Waals surface area (Å²) in [4.78, 5) is 23.5. The summed E-state index contributed by atoms with van der Waals surface area (Å²) in [5.41, 5.74) is 1.78. The molecule has 2 aromatic rings. The lowest BCUT2D eigenvalue weighted by atomic mass is 10.2. The van der Waals surface area contributed by atoms with E-state index in [-0.39, 0.29) is 5.91 Å². The van der Waals surface area contributed by atoms with Crippen molar-refractivity contribution in [2.45, 2.75) is 6.92 Å². The number of hydrogen-bond acceptors (Lipinski definition) is 3. The molecular weight excluding hydrogens is 351 g/mol. The third-order valence-corrected chi connectivity index (χ3v) is 4.06. The number of rotatable bonds is 5. The largest absolute Gasteiger partial charge is 0.463 e. The van der Waals surface area contributed by atoms with Gasteiger partial charge in [0, 0.05) is 18.8 Å². The first kappa shape index (κ1) is 18.1. The van der Waals surface area contributed by atoms with Gasteiger partial charge >= 0.3 is 5.97 Å². The van der Waals surface area contributed by atoms with E-state index in [1.807, 2.05) is 0 Å². The van der Waals surface area contributed by atoms with Gasteiger partial charge in [0.05, 0.1) is 11.6 Å². The zero-order chi connectivity index (χ0) is 17.7. The van der Waals surface area contributed by atoms with Crippen LogP contribution >= 0.6 is 23.2 Å². The van der Waals surface area contributed by atoms with E-state index in [1.165, 1.54) is 16.7 Å². The molecule has 0 radical (unpaired) electrons. The molecule has 1 heterocycles. The predicted octanol–water partition coefficient (Wildman–Crippen LogP) is 4.16. The van der Waals surface area contributed by atoms with E-state index in [4.69, 9.17) is 27.9 Å². The number of anilines is 1. The highest BCUT2D eigenvalue weighted by Crippen LogP contribution is 2.25. The molecule has 7 heteroatoms. The molecule has 0 aliphatic carbocycles. The second kappa shape index (κ2) is 8.04. The van der Waals surface area contributed by atoms with E-state index in [2.05, 4.69) is 5.32 Å². The summed E-state index contributed by atoms with van der Waals surface area (Å²) in [6.45, 7) is 2.08. The molecule has 0 aliphatic heterocycles. The van der Waals surface area contributed by atoms with Gasteiger partial charge < -0.3 is 14.6 Å². The fourth-order valence-corrected chi connectivity index (χ4v) is 2.36. The summed E-state index contributed by atoms with van der Waals surface area (Å²) in [6.07, 6.45) is 2.99. The number of ether oxygens (including phenoxy) is 1. The highest BCUT2D eigenvalue weighted by molar-refractivity contribution is 6.42. The zero-order valence-electron chi connectivity index (χ0n) is 13.2. The van der Waals surface area contributed by atoms with Crippen LogP contribution in [0.4, 0.5) is 5.69 Å². The minimum absolute atomic E-state index is 0.307. The van der Waals surface area contributed by atoms with Crippen molar-refractivity contribution >= 4 is 46.8 Å². The van der Waals surface area contributed by atoms with Crippen LogP contribution in [0.2, 0.25) is 10.2 Å². The first-order valence-corrected chi connectivity index (χ1v) is 7.95. The minimum atomic E-state index is -0.396. The summed E-state index contributed by atoms with van der Waals surface area (Å²) in [5, 5.41) is 3.39. The molecule has 0 unspecified atom stereocenters. The van der Waals surface area contributed by atoms with Gasteiger partial charge in [0.1, 0.15) is 10.8 Å². The summed E-state index contributed by atoms with van der Waals surface area (Å²) in [5.74, 6) is -0.714. The average molecular weight is 367 g/mol. The SMILES string of the molecule is CCOC(=O)/C=C/c1ccc(NC(=O)c2cc(Cl)c(Cl)n2C)cc1. The van der Waals surface area contributed by atoms with Crippen LogP contribution in [0.3, 0.4) is 0 Å². The smallest absolute Gasteiger partial charge is 0.330 e. The van der Waals surface area contributed by atoms with Crippen LogP contribution in [0.25, 0.3) is 6.08 Å². The molecule has 0 saturated heterocycles. The molecule has 1 amide bonds. The van der Waals surface area contributed by atoms with E-state index in [0.717, 1.165) is 5.56 Å². The summed E-state index contributed by atoms with van der Waals surface area (Å²) >= 11 is 11.9. The molecule has 0 bridgehead atoms. The third kappa shape index (κ3) is 4.40. The van der Waals surface area contributed by atoms with Crippen molar-refractivity contribution in [1.29, 1.82) is 0 Å². The Labute approximate surface area is 149 Å². The summed E-state index contributed by atoms with van der Waals surface area (Å²) < 4.78 is 6.31. The van der Waals surface area contributed by atoms with Crippen molar-refractivity contribution in [3.05, 3.63) is 57.8 Å². The van der Waals surface area contributed by atoms with Crippen LogP contribution in [0, 0.1) is 0 Å². The number of benzene rings is 1. The summed E-state index contributed by atoms with van der Waals surface area (Å²) in [6, 6.07) is 8.52. The first-order valence-electron chi connectivity index (χ1n) is 7.19. The fraction of sp³-hybridized carbons (Fsp3) is 0.176. The van der Waals surface area contributed by atoms with Crippen molar-refractivity contribution in [3.63, 3.8) is 0 Å². The molecule has 1 aromatic carbocycles. The maximum absolute atomic E-state index is 12.2. The first-order chi connectivity index (χ1) is 11.4. The van der Waals surface area contributed by atoms with Crippen molar-refractivity contribution in [1.82, 2.24) is 4.57 Å². The molecule has 1 N–H and O–H groups in total. The quantitative estimate of drug-likeness (QED) is 0.638. The predicted molar refractivity (Wildman–Crippen MR) is 95.5 cm³/mol. The highest BCUT2D eigenvalue weighted by Gasteiger charge is 2.15. The fourth-order valence-electron chi connectivity index (χ4n) is 1.99. The topological polar surface area (TPSA) is 60.3 Å². The van der Waals surface area contributed by atoms with Crippen molar-refractivity contribution in [2.24, 2.45) is 7.05 Å². The van der Waals surface area contributed by atoms with Crippen molar-refractivity contribution in [3.8, 4) is 0 Å². The Balaban J connectivity index is 2.04. The molecule has 0 atom stereocenters. The van der Waals surface area contributed by atoms with E-state index >= 15 is 0 Å². The minimum Gasteiger partial charge on any atom is -0.463 e. The Bertz CT molecular complexity index is 780. The van der Waals surface area contributed by atoms with E-state index < -0.39 is 5.97 Å². The Morgan fingerprint density at radius 1 is 1.25 bits per heavy atom. The third-order valence-electron chi connectivity index (χ3n) is 3.22. The van der Waals surface area contributed by atoms with E-state index in [1.54, 1.807) is 44.3 Å². The standard InChI is InChI=1S/C17H16Cl2N2O3/c1-3-24-15(22)9-6-11-4-7-12(8-5-11)20-17(23)14-10-13(18)16(19)21(14)2/h4-10H,3H2,1-2H3,(H,20,23)/b9-6+. The van der Waals surface area contributed by atoms with Crippen LogP contribution in [0.1, 0.15) is 23.0 Å². The molecule has 126 valence electrons.